The van der Waals surface area contributed by atoms with Crippen molar-refractivity contribution in [3.05, 3.63) is 59.7 Å². The molecule has 2 aromatic rings. The molecular formula is C28H32O6. The molecule has 0 spiro atoms. The van der Waals surface area contributed by atoms with Gasteiger partial charge in [-0.05, 0) is 123 Å². The Morgan fingerprint density at radius 3 is 1.79 bits per heavy atom. The van der Waals surface area contributed by atoms with Crippen LogP contribution < -0.4 is 0 Å². The van der Waals surface area contributed by atoms with E-state index in [1.165, 1.54) is 49.9 Å². The Balaban J connectivity index is 1.05. The first kappa shape index (κ1) is 22.8. The standard InChI is InChI=1S/C28H32O6/c29-22-5-1-18(2-6-22)27(31)33-11-9-17-13-24-21-15-20(25(16-21)26(24)14-17)10-12-34-28(32)19-3-7-23(30)8-4-19/h1-8,17,20-21,24-26,29-30H,9-16H2. The Hall–Kier alpha value is -3.02. The maximum Gasteiger partial charge on any atom is 0.338 e. The molecule has 0 radical (unpaired) electrons. The van der Waals surface area contributed by atoms with Crippen molar-refractivity contribution in [3.8, 4) is 11.5 Å². The Labute approximate surface area is 199 Å². The van der Waals surface area contributed by atoms with Crippen LogP contribution in [0.4, 0.5) is 0 Å². The summed E-state index contributed by atoms with van der Waals surface area (Å²) in [5.41, 5.74) is 0.934. The largest absolute Gasteiger partial charge is 0.508 e. The van der Waals surface area contributed by atoms with Gasteiger partial charge in [0.2, 0.25) is 0 Å². The van der Waals surface area contributed by atoms with Crippen molar-refractivity contribution in [1.29, 1.82) is 0 Å². The van der Waals surface area contributed by atoms with Crippen molar-refractivity contribution in [3.63, 3.8) is 0 Å². The average molecular weight is 465 g/mol. The number of ether oxygens (including phenoxy) is 2. The van der Waals surface area contributed by atoms with Gasteiger partial charge in [0.15, 0.2) is 0 Å². The van der Waals surface area contributed by atoms with Crippen molar-refractivity contribution in [2.24, 2.45) is 35.5 Å². The SMILES string of the molecule is O=C(OCCC1CC2C3CC(CCOC(=O)c4ccc(O)cc4)C(C3)C2C1)c1ccc(O)cc1. The summed E-state index contributed by atoms with van der Waals surface area (Å²) < 4.78 is 11.0. The molecule has 6 nitrogen and oxygen atoms in total. The number of carbonyl (C=O) groups is 2. The molecule has 0 saturated heterocycles. The van der Waals surface area contributed by atoms with E-state index in [1.54, 1.807) is 24.3 Å². The summed E-state index contributed by atoms with van der Waals surface area (Å²) in [4.78, 5) is 24.4. The van der Waals surface area contributed by atoms with Gasteiger partial charge < -0.3 is 19.7 Å². The molecule has 0 aliphatic heterocycles. The number of hydrogen-bond donors (Lipinski definition) is 2. The van der Waals surface area contributed by atoms with Crippen LogP contribution in [-0.2, 0) is 9.47 Å². The average Bonchev–Trinajstić information content (AvgIpc) is 3.52. The third kappa shape index (κ3) is 4.77. The van der Waals surface area contributed by atoms with E-state index >= 15 is 0 Å². The topological polar surface area (TPSA) is 93.1 Å². The van der Waals surface area contributed by atoms with E-state index in [2.05, 4.69) is 0 Å². The number of benzene rings is 2. The molecule has 3 fully saturated rings. The van der Waals surface area contributed by atoms with E-state index < -0.39 is 0 Å². The number of esters is 2. The number of hydrogen-bond acceptors (Lipinski definition) is 6. The minimum Gasteiger partial charge on any atom is -0.508 e. The quantitative estimate of drug-likeness (QED) is 0.522. The molecule has 5 rings (SSSR count). The van der Waals surface area contributed by atoms with Gasteiger partial charge in [0.05, 0.1) is 24.3 Å². The number of phenolic OH excluding ortho intramolecular Hbond substituents is 2. The molecule has 0 amide bonds. The van der Waals surface area contributed by atoms with E-state index in [0.717, 1.165) is 36.5 Å². The zero-order chi connectivity index (χ0) is 23.7. The smallest absolute Gasteiger partial charge is 0.338 e. The molecule has 6 heteroatoms. The Morgan fingerprint density at radius 1 is 0.676 bits per heavy atom. The number of fused-ring (bicyclic) bond motifs is 5. The molecule has 6 unspecified atom stereocenters. The summed E-state index contributed by atoms with van der Waals surface area (Å²) in [6, 6.07) is 12.3. The summed E-state index contributed by atoms with van der Waals surface area (Å²) in [6.45, 7) is 0.886. The number of rotatable bonds is 8. The predicted molar refractivity (Wildman–Crippen MR) is 125 cm³/mol. The predicted octanol–water partition coefficient (Wildman–Crippen LogP) is 5.19. The second-order valence-electron chi connectivity index (χ2n) is 10.3. The van der Waals surface area contributed by atoms with Crippen LogP contribution in [-0.4, -0.2) is 35.4 Å². The highest BCUT2D eigenvalue weighted by Crippen LogP contribution is 2.63. The van der Waals surface area contributed by atoms with Gasteiger partial charge in [0, 0.05) is 0 Å². The van der Waals surface area contributed by atoms with E-state index in [0.29, 0.717) is 36.2 Å². The maximum atomic E-state index is 12.2. The van der Waals surface area contributed by atoms with Gasteiger partial charge in [-0.1, -0.05) is 0 Å². The minimum absolute atomic E-state index is 0.137. The van der Waals surface area contributed by atoms with Gasteiger partial charge in [-0.25, -0.2) is 9.59 Å². The van der Waals surface area contributed by atoms with Gasteiger partial charge in [-0.2, -0.15) is 0 Å². The van der Waals surface area contributed by atoms with Crippen molar-refractivity contribution in [2.45, 2.75) is 38.5 Å². The Kier molecular flexibility index (Phi) is 6.48. The molecule has 2 aromatic carbocycles. The van der Waals surface area contributed by atoms with Gasteiger partial charge in [0.25, 0.3) is 0 Å². The first-order chi connectivity index (χ1) is 16.5. The molecule has 3 aliphatic carbocycles. The second-order valence-corrected chi connectivity index (χ2v) is 10.3. The summed E-state index contributed by atoms with van der Waals surface area (Å²) in [7, 11) is 0. The highest BCUT2D eigenvalue weighted by molar-refractivity contribution is 5.89. The van der Waals surface area contributed by atoms with E-state index in [4.69, 9.17) is 9.47 Å². The molecule has 2 bridgehead atoms. The molecule has 34 heavy (non-hydrogen) atoms. The second kappa shape index (κ2) is 9.69. The third-order valence-corrected chi connectivity index (χ3v) is 8.39. The number of phenols is 2. The Bertz CT molecular complexity index is 1010. The van der Waals surface area contributed by atoms with Gasteiger partial charge in [-0.3, -0.25) is 0 Å². The van der Waals surface area contributed by atoms with Crippen LogP contribution >= 0.6 is 0 Å². The lowest BCUT2D eigenvalue weighted by Gasteiger charge is -2.31. The van der Waals surface area contributed by atoms with Crippen LogP contribution in [0, 0.1) is 35.5 Å². The molecular weight excluding hydrogens is 432 g/mol. The lowest BCUT2D eigenvalue weighted by atomic mass is 9.75. The molecule has 2 N–H and O–H groups in total. The summed E-state index contributed by atoms with van der Waals surface area (Å²) in [5.74, 6) is 3.93. The lowest BCUT2D eigenvalue weighted by Crippen LogP contribution is -2.25. The molecule has 3 aliphatic rings. The fourth-order valence-electron chi connectivity index (χ4n) is 6.88. The van der Waals surface area contributed by atoms with Gasteiger partial charge >= 0.3 is 11.9 Å². The van der Waals surface area contributed by atoms with E-state index in [-0.39, 0.29) is 23.4 Å². The first-order valence-corrected chi connectivity index (χ1v) is 12.4. The first-order valence-electron chi connectivity index (χ1n) is 12.4. The summed E-state index contributed by atoms with van der Waals surface area (Å²) in [6.07, 6.45) is 6.84. The highest BCUT2D eigenvalue weighted by atomic mass is 16.5. The van der Waals surface area contributed by atoms with Crippen molar-refractivity contribution in [2.75, 3.05) is 13.2 Å². The van der Waals surface area contributed by atoms with Crippen molar-refractivity contribution < 1.29 is 29.3 Å². The third-order valence-electron chi connectivity index (χ3n) is 8.39. The van der Waals surface area contributed by atoms with Crippen LogP contribution in [0.15, 0.2) is 48.5 Å². The minimum atomic E-state index is -0.333. The van der Waals surface area contributed by atoms with Gasteiger partial charge in [-0.15, -0.1) is 0 Å². The Morgan fingerprint density at radius 2 is 1.21 bits per heavy atom. The fraction of sp³-hybridized carbons (Fsp3) is 0.500. The van der Waals surface area contributed by atoms with Crippen LogP contribution in [0.5, 0.6) is 11.5 Å². The summed E-state index contributed by atoms with van der Waals surface area (Å²) in [5, 5.41) is 18.7. The zero-order valence-corrected chi connectivity index (χ0v) is 19.3. The van der Waals surface area contributed by atoms with E-state index in [9.17, 15) is 19.8 Å². The number of aromatic hydroxyl groups is 2. The van der Waals surface area contributed by atoms with Crippen LogP contribution in [0.3, 0.4) is 0 Å². The van der Waals surface area contributed by atoms with Crippen molar-refractivity contribution >= 4 is 11.9 Å². The lowest BCUT2D eigenvalue weighted by molar-refractivity contribution is 0.0452. The number of carbonyl (C=O) groups excluding carboxylic acids is 2. The van der Waals surface area contributed by atoms with E-state index in [1.807, 2.05) is 0 Å². The van der Waals surface area contributed by atoms with Crippen molar-refractivity contribution in [1.82, 2.24) is 0 Å². The molecule has 0 aromatic heterocycles. The molecule has 3 saturated carbocycles. The van der Waals surface area contributed by atoms with Crippen LogP contribution in [0.1, 0.15) is 59.2 Å². The van der Waals surface area contributed by atoms with Crippen LogP contribution in [0.2, 0.25) is 0 Å². The normalized spacial score (nSPS) is 29.1. The van der Waals surface area contributed by atoms with Gasteiger partial charge in [0.1, 0.15) is 11.5 Å². The highest BCUT2D eigenvalue weighted by Gasteiger charge is 2.55. The molecule has 180 valence electrons. The monoisotopic (exact) mass is 464 g/mol. The molecule has 0 heterocycles. The van der Waals surface area contributed by atoms with Crippen LogP contribution in [0.25, 0.3) is 0 Å². The fourth-order valence-corrected chi connectivity index (χ4v) is 6.88. The summed E-state index contributed by atoms with van der Waals surface area (Å²) >= 11 is 0. The zero-order valence-electron chi connectivity index (χ0n) is 19.3. The molecule has 6 atom stereocenters. The maximum absolute atomic E-state index is 12.2.